The van der Waals surface area contributed by atoms with E-state index in [1.165, 1.54) is 18.4 Å². The zero-order valence-corrected chi connectivity index (χ0v) is 11.1. The number of ether oxygens (including phenoxy) is 1. The van der Waals surface area contributed by atoms with Crippen LogP contribution in [0, 0.1) is 5.92 Å². The molecular weight excluding hydrogens is 210 g/mol. The van der Waals surface area contributed by atoms with Crippen LogP contribution in [0.1, 0.15) is 32.3 Å². The molecular formula is C15H25NO. The summed E-state index contributed by atoms with van der Waals surface area (Å²) in [6.45, 7) is 8.02. The van der Waals surface area contributed by atoms with Crippen LogP contribution >= 0.6 is 0 Å². The second-order valence-electron chi connectivity index (χ2n) is 4.42. The highest BCUT2D eigenvalue weighted by atomic mass is 16.5. The Kier molecular flexibility index (Phi) is 7.69. The van der Waals surface area contributed by atoms with E-state index in [4.69, 9.17) is 4.74 Å². The summed E-state index contributed by atoms with van der Waals surface area (Å²) >= 11 is 0. The minimum atomic E-state index is 0.726. The second kappa shape index (κ2) is 9.20. The number of nitrogens with one attached hydrogen (secondary N) is 1. The van der Waals surface area contributed by atoms with Crippen molar-refractivity contribution in [2.75, 3.05) is 19.8 Å². The van der Waals surface area contributed by atoms with E-state index >= 15 is 0 Å². The maximum Gasteiger partial charge on any atom is 0.0591 e. The van der Waals surface area contributed by atoms with Gasteiger partial charge >= 0.3 is 0 Å². The fourth-order valence-electron chi connectivity index (χ4n) is 1.75. The Morgan fingerprint density at radius 2 is 1.82 bits per heavy atom. The van der Waals surface area contributed by atoms with Gasteiger partial charge in [0.25, 0.3) is 0 Å². The Labute approximate surface area is 105 Å². The van der Waals surface area contributed by atoms with Crippen molar-refractivity contribution in [2.24, 2.45) is 5.92 Å². The lowest BCUT2D eigenvalue weighted by Gasteiger charge is -2.12. The van der Waals surface area contributed by atoms with Crippen LogP contribution in [-0.2, 0) is 11.3 Å². The predicted octanol–water partition coefficient (Wildman–Crippen LogP) is 3.23. The van der Waals surface area contributed by atoms with Crippen molar-refractivity contribution in [1.29, 1.82) is 0 Å². The normalized spacial score (nSPS) is 11.0. The molecule has 0 aliphatic carbocycles. The maximum absolute atomic E-state index is 5.65. The lowest BCUT2D eigenvalue weighted by atomic mass is 10.1. The molecule has 2 nitrogen and oxygen atoms in total. The van der Waals surface area contributed by atoms with Crippen molar-refractivity contribution in [3.8, 4) is 0 Å². The Morgan fingerprint density at radius 3 is 2.47 bits per heavy atom. The number of rotatable bonds is 9. The summed E-state index contributed by atoms with van der Waals surface area (Å²) in [7, 11) is 0. The first-order valence-electron chi connectivity index (χ1n) is 6.69. The Bertz CT molecular complexity index is 270. The first-order chi connectivity index (χ1) is 8.36. The molecule has 0 saturated carbocycles. The van der Waals surface area contributed by atoms with Gasteiger partial charge in [-0.3, -0.25) is 0 Å². The quantitative estimate of drug-likeness (QED) is 0.664. The van der Waals surface area contributed by atoms with Gasteiger partial charge in [0.2, 0.25) is 0 Å². The molecule has 0 radical (unpaired) electrons. The molecule has 1 aromatic carbocycles. The molecule has 0 aliphatic rings. The van der Waals surface area contributed by atoms with Crippen LogP contribution < -0.4 is 5.32 Å². The van der Waals surface area contributed by atoms with Crippen LogP contribution in [0.15, 0.2) is 30.3 Å². The van der Waals surface area contributed by atoms with Crippen LogP contribution in [0.2, 0.25) is 0 Å². The molecule has 0 heterocycles. The molecule has 1 N–H and O–H groups in total. The van der Waals surface area contributed by atoms with Crippen LogP contribution in [0.5, 0.6) is 0 Å². The van der Waals surface area contributed by atoms with E-state index in [9.17, 15) is 0 Å². The fraction of sp³-hybridized carbons (Fsp3) is 0.600. The Morgan fingerprint density at radius 1 is 1.12 bits per heavy atom. The topological polar surface area (TPSA) is 21.3 Å². The van der Waals surface area contributed by atoms with E-state index in [0.717, 1.165) is 32.2 Å². The summed E-state index contributed by atoms with van der Waals surface area (Å²) in [4.78, 5) is 0. The van der Waals surface area contributed by atoms with Crippen LogP contribution in [-0.4, -0.2) is 19.8 Å². The van der Waals surface area contributed by atoms with E-state index < -0.39 is 0 Å². The van der Waals surface area contributed by atoms with Gasteiger partial charge in [0.15, 0.2) is 0 Å². The molecule has 0 unspecified atom stereocenters. The highest BCUT2D eigenvalue weighted by Crippen LogP contribution is 2.06. The number of hydrogen-bond acceptors (Lipinski definition) is 2. The van der Waals surface area contributed by atoms with Crippen molar-refractivity contribution in [3.05, 3.63) is 35.9 Å². The summed E-state index contributed by atoms with van der Waals surface area (Å²) in [5.41, 5.74) is 1.33. The minimum Gasteiger partial charge on any atom is -0.380 e. The summed E-state index contributed by atoms with van der Waals surface area (Å²) in [5.74, 6) is 0.726. The lowest BCUT2D eigenvalue weighted by Crippen LogP contribution is -2.20. The molecule has 0 aliphatic heterocycles. The molecule has 1 aromatic rings. The lowest BCUT2D eigenvalue weighted by molar-refractivity contribution is 0.0981. The van der Waals surface area contributed by atoms with E-state index in [1.54, 1.807) is 0 Å². The van der Waals surface area contributed by atoms with Gasteiger partial charge in [-0.2, -0.15) is 0 Å². The predicted molar refractivity (Wildman–Crippen MR) is 73.0 cm³/mol. The van der Waals surface area contributed by atoms with Gasteiger partial charge in [-0.1, -0.05) is 57.0 Å². The van der Waals surface area contributed by atoms with Gasteiger partial charge in [-0.15, -0.1) is 0 Å². The average Bonchev–Trinajstić information content (AvgIpc) is 2.39. The Balaban J connectivity index is 1.98. The molecule has 0 spiro atoms. The summed E-state index contributed by atoms with van der Waals surface area (Å²) in [6.07, 6.45) is 2.43. The standard InChI is InChI=1S/C15H25NO/c1-3-14(4-2)13-17-11-10-16-12-15-8-6-5-7-9-15/h5-9,14,16H,3-4,10-13H2,1-2H3. The highest BCUT2D eigenvalue weighted by Gasteiger charge is 2.02. The van der Waals surface area contributed by atoms with E-state index in [1.807, 2.05) is 6.07 Å². The third kappa shape index (κ3) is 6.44. The van der Waals surface area contributed by atoms with Gasteiger partial charge in [0.05, 0.1) is 6.61 Å². The third-order valence-corrected chi connectivity index (χ3v) is 3.10. The second-order valence-corrected chi connectivity index (χ2v) is 4.42. The number of benzene rings is 1. The monoisotopic (exact) mass is 235 g/mol. The van der Waals surface area contributed by atoms with Crippen molar-refractivity contribution in [1.82, 2.24) is 5.32 Å². The van der Waals surface area contributed by atoms with Gasteiger partial charge in [0.1, 0.15) is 0 Å². The smallest absolute Gasteiger partial charge is 0.0591 e. The zero-order valence-electron chi connectivity index (χ0n) is 11.1. The fourth-order valence-corrected chi connectivity index (χ4v) is 1.75. The molecule has 96 valence electrons. The zero-order chi connectivity index (χ0) is 12.3. The first kappa shape index (κ1) is 14.2. The molecule has 0 aromatic heterocycles. The van der Waals surface area contributed by atoms with Gasteiger partial charge < -0.3 is 10.1 Å². The largest absolute Gasteiger partial charge is 0.380 e. The van der Waals surface area contributed by atoms with Crippen LogP contribution in [0.4, 0.5) is 0 Å². The van der Waals surface area contributed by atoms with Crippen molar-refractivity contribution in [2.45, 2.75) is 33.2 Å². The first-order valence-corrected chi connectivity index (χ1v) is 6.69. The van der Waals surface area contributed by atoms with Crippen LogP contribution in [0.25, 0.3) is 0 Å². The summed E-state index contributed by atoms with van der Waals surface area (Å²) in [5, 5.41) is 3.39. The number of hydrogen-bond donors (Lipinski definition) is 1. The van der Waals surface area contributed by atoms with E-state index in [-0.39, 0.29) is 0 Å². The molecule has 2 heteroatoms. The molecule has 0 atom stereocenters. The van der Waals surface area contributed by atoms with E-state index in [2.05, 4.69) is 43.4 Å². The highest BCUT2D eigenvalue weighted by molar-refractivity contribution is 5.14. The van der Waals surface area contributed by atoms with Crippen molar-refractivity contribution < 1.29 is 4.74 Å². The molecule has 17 heavy (non-hydrogen) atoms. The molecule has 0 bridgehead atoms. The molecule has 0 amide bonds. The molecule has 0 saturated heterocycles. The van der Waals surface area contributed by atoms with Crippen molar-refractivity contribution in [3.63, 3.8) is 0 Å². The van der Waals surface area contributed by atoms with Crippen LogP contribution in [0.3, 0.4) is 0 Å². The molecule has 0 fully saturated rings. The third-order valence-electron chi connectivity index (χ3n) is 3.10. The SMILES string of the molecule is CCC(CC)COCCNCc1ccccc1. The minimum absolute atomic E-state index is 0.726. The maximum atomic E-state index is 5.65. The van der Waals surface area contributed by atoms with Crippen molar-refractivity contribution >= 4 is 0 Å². The molecule has 1 rings (SSSR count). The summed E-state index contributed by atoms with van der Waals surface area (Å²) in [6, 6.07) is 10.5. The average molecular weight is 235 g/mol. The van der Waals surface area contributed by atoms with Gasteiger partial charge in [0, 0.05) is 19.7 Å². The summed E-state index contributed by atoms with van der Waals surface area (Å²) < 4.78 is 5.65. The van der Waals surface area contributed by atoms with E-state index in [0.29, 0.717) is 0 Å². The van der Waals surface area contributed by atoms with Gasteiger partial charge in [-0.25, -0.2) is 0 Å². The Hall–Kier alpha value is -0.860. The van der Waals surface area contributed by atoms with Gasteiger partial charge in [-0.05, 0) is 11.5 Å².